The molecule has 4 heteroatoms. The Balaban J connectivity index is 2.26. The van der Waals surface area contributed by atoms with Gasteiger partial charge in [-0.3, -0.25) is 4.79 Å². The Bertz CT molecular complexity index is 243. The Morgan fingerprint density at radius 1 is 1.44 bits per heavy atom. The second-order valence-electron chi connectivity index (χ2n) is 5.35. The van der Waals surface area contributed by atoms with Crippen LogP contribution in [-0.4, -0.2) is 30.5 Å². The second kappa shape index (κ2) is 8.16. The Morgan fingerprint density at radius 2 is 2.17 bits per heavy atom. The maximum atomic E-state index is 11.9. The minimum Gasteiger partial charge on any atom is -0.378 e. The van der Waals surface area contributed by atoms with Gasteiger partial charge in [0.15, 0.2) is 0 Å². The van der Waals surface area contributed by atoms with Gasteiger partial charge in [-0.2, -0.15) is 0 Å². The number of ether oxygens (including phenoxy) is 1. The van der Waals surface area contributed by atoms with Gasteiger partial charge in [-0.15, -0.1) is 0 Å². The molecule has 1 saturated carbocycles. The van der Waals surface area contributed by atoms with Crippen LogP contribution in [0.15, 0.2) is 0 Å². The zero-order valence-corrected chi connectivity index (χ0v) is 13.2. The minimum atomic E-state index is -0.153. The van der Waals surface area contributed by atoms with Crippen molar-refractivity contribution in [3.63, 3.8) is 0 Å². The average molecular weight is 320 g/mol. The lowest BCUT2D eigenvalue weighted by atomic mass is 9.77. The van der Waals surface area contributed by atoms with E-state index in [1.54, 1.807) is 7.11 Å². The lowest BCUT2D eigenvalue weighted by molar-refractivity contribution is -0.134. The number of methoxy groups -OCH3 is 1. The van der Waals surface area contributed by atoms with E-state index in [-0.39, 0.29) is 11.5 Å². The smallest absolute Gasteiger partial charge is 0.222 e. The van der Waals surface area contributed by atoms with Gasteiger partial charge in [-0.05, 0) is 38.0 Å². The van der Waals surface area contributed by atoms with Crippen LogP contribution in [0.25, 0.3) is 0 Å². The lowest BCUT2D eigenvalue weighted by Crippen LogP contribution is -2.44. The molecular formula is C14H26BrNO2. The summed E-state index contributed by atoms with van der Waals surface area (Å²) in [4.78, 5) is 11.9. The van der Waals surface area contributed by atoms with Crippen LogP contribution in [-0.2, 0) is 9.53 Å². The molecule has 3 nitrogen and oxygen atoms in total. The molecule has 0 aromatic heterocycles. The Hall–Kier alpha value is -0.0900. The summed E-state index contributed by atoms with van der Waals surface area (Å²) in [6, 6.07) is 0. The monoisotopic (exact) mass is 319 g/mol. The van der Waals surface area contributed by atoms with E-state index in [1.165, 1.54) is 19.3 Å². The lowest BCUT2D eigenvalue weighted by Gasteiger charge is -2.40. The number of alkyl halides is 1. The predicted octanol–water partition coefficient (Wildman–Crippen LogP) is 3.26. The molecule has 1 aliphatic carbocycles. The minimum absolute atomic E-state index is 0.146. The zero-order chi connectivity index (χ0) is 13.4. The molecule has 106 valence electrons. The highest BCUT2D eigenvalue weighted by atomic mass is 79.9. The Morgan fingerprint density at radius 3 is 2.61 bits per heavy atom. The van der Waals surface area contributed by atoms with E-state index in [9.17, 15) is 4.79 Å². The molecule has 0 heterocycles. The number of carbonyl (C=O) groups is 1. The third kappa shape index (κ3) is 4.88. The number of nitrogens with one attached hydrogen (secondary N) is 1. The van der Waals surface area contributed by atoms with Crippen LogP contribution < -0.4 is 5.32 Å². The molecule has 18 heavy (non-hydrogen) atoms. The van der Waals surface area contributed by atoms with Crippen molar-refractivity contribution in [3.8, 4) is 0 Å². The summed E-state index contributed by atoms with van der Waals surface area (Å²) < 4.78 is 5.48. The normalized spacial score (nSPS) is 19.1. The number of rotatable bonds is 9. The van der Waals surface area contributed by atoms with Gasteiger partial charge in [-0.25, -0.2) is 0 Å². The van der Waals surface area contributed by atoms with Crippen LogP contribution in [0.4, 0.5) is 0 Å². The summed E-state index contributed by atoms with van der Waals surface area (Å²) in [5.41, 5.74) is -0.153. The molecule has 1 aliphatic rings. The molecule has 1 amide bonds. The van der Waals surface area contributed by atoms with Gasteiger partial charge in [0, 0.05) is 19.0 Å². The molecule has 1 unspecified atom stereocenters. The van der Waals surface area contributed by atoms with Gasteiger partial charge in [0.05, 0.1) is 12.0 Å². The highest BCUT2D eigenvalue weighted by Gasteiger charge is 2.38. The highest BCUT2D eigenvalue weighted by molar-refractivity contribution is 9.09. The molecule has 1 fully saturated rings. The van der Waals surface area contributed by atoms with Crippen LogP contribution in [0.1, 0.15) is 51.9 Å². The molecule has 0 saturated heterocycles. The van der Waals surface area contributed by atoms with Gasteiger partial charge >= 0.3 is 0 Å². The fourth-order valence-electron chi connectivity index (χ4n) is 2.55. The van der Waals surface area contributed by atoms with Crippen molar-refractivity contribution in [2.45, 2.75) is 57.5 Å². The van der Waals surface area contributed by atoms with Gasteiger partial charge in [0.25, 0.3) is 0 Å². The van der Waals surface area contributed by atoms with Crippen molar-refractivity contribution >= 4 is 21.8 Å². The SMILES string of the molecule is CCCC(CCBr)CNC(=O)CC1(OC)CCC1. The van der Waals surface area contributed by atoms with Crippen LogP contribution >= 0.6 is 15.9 Å². The van der Waals surface area contributed by atoms with Gasteiger partial charge in [0.2, 0.25) is 5.91 Å². The van der Waals surface area contributed by atoms with Crippen LogP contribution in [0.3, 0.4) is 0 Å². The summed E-state index contributed by atoms with van der Waals surface area (Å²) in [6.07, 6.45) is 7.24. The average Bonchev–Trinajstić information content (AvgIpc) is 2.31. The quantitative estimate of drug-likeness (QED) is 0.662. The molecule has 0 aromatic rings. The number of halogens is 1. The number of amides is 1. The Labute approximate surface area is 119 Å². The molecule has 0 aliphatic heterocycles. The van der Waals surface area contributed by atoms with E-state index in [1.807, 2.05) is 0 Å². The molecule has 1 N–H and O–H groups in total. The van der Waals surface area contributed by atoms with Crippen LogP contribution in [0.5, 0.6) is 0 Å². The highest BCUT2D eigenvalue weighted by Crippen LogP contribution is 2.37. The topological polar surface area (TPSA) is 38.3 Å². The van der Waals surface area contributed by atoms with E-state index >= 15 is 0 Å². The number of hydrogen-bond donors (Lipinski definition) is 1. The van der Waals surface area contributed by atoms with E-state index in [0.717, 1.165) is 31.1 Å². The Kier molecular flexibility index (Phi) is 7.23. The summed E-state index contributed by atoms with van der Waals surface area (Å²) in [7, 11) is 1.72. The maximum Gasteiger partial charge on any atom is 0.222 e. The van der Waals surface area contributed by atoms with Crippen molar-refractivity contribution in [2.24, 2.45) is 5.92 Å². The fraction of sp³-hybridized carbons (Fsp3) is 0.929. The van der Waals surface area contributed by atoms with E-state index in [0.29, 0.717) is 12.3 Å². The van der Waals surface area contributed by atoms with Crippen molar-refractivity contribution in [1.29, 1.82) is 0 Å². The molecule has 1 rings (SSSR count). The molecular weight excluding hydrogens is 294 g/mol. The van der Waals surface area contributed by atoms with Crippen molar-refractivity contribution in [1.82, 2.24) is 5.32 Å². The molecule has 0 bridgehead atoms. The largest absolute Gasteiger partial charge is 0.378 e. The second-order valence-corrected chi connectivity index (χ2v) is 6.15. The third-order valence-corrected chi connectivity index (χ3v) is 4.44. The van der Waals surface area contributed by atoms with E-state index in [4.69, 9.17) is 4.74 Å². The zero-order valence-electron chi connectivity index (χ0n) is 11.6. The van der Waals surface area contributed by atoms with Crippen molar-refractivity contribution in [2.75, 3.05) is 19.0 Å². The summed E-state index contributed by atoms with van der Waals surface area (Å²) in [5.74, 6) is 0.741. The molecule has 1 atom stereocenters. The predicted molar refractivity (Wildman–Crippen MR) is 78.0 cm³/mol. The number of hydrogen-bond acceptors (Lipinski definition) is 2. The first-order chi connectivity index (χ1) is 8.65. The van der Waals surface area contributed by atoms with Crippen molar-refractivity contribution in [3.05, 3.63) is 0 Å². The van der Waals surface area contributed by atoms with Crippen molar-refractivity contribution < 1.29 is 9.53 Å². The summed E-state index contributed by atoms with van der Waals surface area (Å²) >= 11 is 3.47. The van der Waals surface area contributed by atoms with E-state index in [2.05, 4.69) is 28.2 Å². The number of carbonyl (C=O) groups excluding carboxylic acids is 1. The molecule has 0 radical (unpaired) electrons. The fourth-order valence-corrected chi connectivity index (χ4v) is 3.20. The van der Waals surface area contributed by atoms with E-state index < -0.39 is 0 Å². The van der Waals surface area contributed by atoms with Gasteiger partial charge in [0.1, 0.15) is 0 Å². The first-order valence-corrected chi connectivity index (χ1v) is 8.15. The standard InChI is InChI=1S/C14H26BrNO2/c1-3-5-12(6-9-15)11-16-13(17)10-14(18-2)7-4-8-14/h12H,3-11H2,1-2H3,(H,16,17). The molecule has 0 spiro atoms. The first kappa shape index (κ1) is 16.0. The molecule has 0 aromatic carbocycles. The van der Waals surface area contributed by atoms with Crippen LogP contribution in [0.2, 0.25) is 0 Å². The van der Waals surface area contributed by atoms with Crippen LogP contribution in [0, 0.1) is 5.92 Å². The van der Waals surface area contributed by atoms with Gasteiger partial charge < -0.3 is 10.1 Å². The van der Waals surface area contributed by atoms with Gasteiger partial charge in [-0.1, -0.05) is 29.3 Å². The third-order valence-electron chi connectivity index (χ3n) is 3.98. The maximum absolute atomic E-state index is 11.9. The summed E-state index contributed by atoms with van der Waals surface area (Å²) in [6.45, 7) is 3.00. The summed E-state index contributed by atoms with van der Waals surface area (Å²) in [5, 5.41) is 4.08. The first-order valence-electron chi connectivity index (χ1n) is 7.03.